The van der Waals surface area contributed by atoms with E-state index in [1.165, 1.54) is 11.1 Å². The van der Waals surface area contributed by atoms with Gasteiger partial charge in [0.1, 0.15) is 18.3 Å². The minimum atomic E-state index is -1.09. The van der Waals surface area contributed by atoms with Gasteiger partial charge in [0.25, 0.3) is 0 Å². The molecule has 0 aliphatic carbocycles. The van der Waals surface area contributed by atoms with Crippen LogP contribution < -0.4 is 5.32 Å². The van der Waals surface area contributed by atoms with E-state index in [0.29, 0.717) is 0 Å². The molecule has 5 heteroatoms. The molecule has 156 valence electrons. The monoisotopic (exact) mass is 397 g/mol. The number of ether oxygens (including phenoxy) is 1. The molecule has 0 saturated carbocycles. The SMILES string of the molecule is CCc1ccc(Cc2cc([C@@H]3O[C@H](C(=O)NC)[C@@H](C)[C@H](O)[C@H]3O)ccc2C)cc1. The summed E-state index contributed by atoms with van der Waals surface area (Å²) >= 11 is 0. The molecule has 0 radical (unpaired) electrons. The topological polar surface area (TPSA) is 78.8 Å². The molecule has 1 aliphatic heterocycles. The predicted molar refractivity (Wildman–Crippen MR) is 113 cm³/mol. The van der Waals surface area contributed by atoms with Crippen LogP contribution in [-0.2, 0) is 22.4 Å². The van der Waals surface area contributed by atoms with Gasteiger partial charge in [0.2, 0.25) is 5.91 Å². The van der Waals surface area contributed by atoms with Crippen molar-refractivity contribution in [2.24, 2.45) is 5.92 Å². The number of likely N-dealkylation sites (N-methyl/N-ethyl adjacent to an activating group) is 1. The van der Waals surface area contributed by atoms with Crippen LogP contribution in [0.3, 0.4) is 0 Å². The van der Waals surface area contributed by atoms with Crippen molar-refractivity contribution in [3.8, 4) is 0 Å². The van der Waals surface area contributed by atoms with Crippen LogP contribution in [0.25, 0.3) is 0 Å². The number of carbonyl (C=O) groups excluding carboxylic acids is 1. The third-order valence-electron chi connectivity index (χ3n) is 6.00. The minimum absolute atomic E-state index is 0.295. The van der Waals surface area contributed by atoms with Crippen LogP contribution in [-0.4, -0.2) is 41.5 Å². The van der Waals surface area contributed by atoms with Crippen molar-refractivity contribution < 1.29 is 19.7 Å². The van der Waals surface area contributed by atoms with Crippen LogP contribution in [0.15, 0.2) is 42.5 Å². The Labute approximate surface area is 172 Å². The van der Waals surface area contributed by atoms with Crippen LogP contribution in [0.4, 0.5) is 0 Å². The lowest BCUT2D eigenvalue weighted by Gasteiger charge is -2.41. The standard InChI is InChI=1S/C24H31NO4/c1-5-16-7-9-17(10-8-16)12-19-13-18(11-6-14(19)2)23-21(27)20(26)15(3)22(29-23)24(28)25-4/h6-11,13,15,20-23,26-27H,5,12H2,1-4H3,(H,25,28)/t15-,20-,21+,22-,23-/m0/s1. The maximum absolute atomic E-state index is 12.2. The van der Waals surface area contributed by atoms with Gasteiger partial charge in [0.05, 0.1) is 6.10 Å². The number of rotatable bonds is 5. The summed E-state index contributed by atoms with van der Waals surface area (Å²) in [7, 11) is 1.54. The first kappa shape index (κ1) is 21.5. The molecule has 5 nitrogen and oxygen atoms in total. The largest absolute Gasteiger partial charge is 0.390 e. The maximum Gasteiger partial charge on any atom is 0.249 e. The van der Waals surface area contributed by atoms with E-state index in [4.69, 9.17) is 4.74 Å². The van der Waals surface area contributed by atoms with Gasteiger partial charge in [-0.15, -0.1) is 0 Å². The maximum atomic E-state index is 12.2. The molecule has 1 aliphatic rings. The van der Waals surface area contributed by atoms with Crippen LogP contribution in [0.1, 0.15) is 47.8 Å². The molecule has 1 heterocycles. The fraction of sp³-hybridized carbons (Fsp3) is 0.458. The molecule has 0 aromatic heterocycles. The zero-order valence-corrected chi connectivity index (χ0v) is 17.6. The molecule has 29 heavy (non-hydrogen) atoms. The Morgan fingerprint density at radius 1 is 1.07 bits per heavy atom. The van der Waals surface area contributed by atoms with E-state index in [-0.39, 0.29) is 5.91 Å². The van der Waals surface area contributed by atoms with E-state index in [0.717, 1.165) is 29.5 Å². The summed E-state index contributed by atoms with van der Waals surface area (Å²) < 4.78 is 5.97. The second kappa shape index (κ2) is 9.08. The molecule has 3 N–H and O–H groups in total. The van der Waals surface area contributed by atoms with E-state index < -0.39 is 30.3 Å². The van der Waals surface area contributed by atoms with E-state index in [1.54, 1.807) is 14.0 Å². The Morgan fingerprint density at radius 3 is 2.34 bits per heavy atom. The summed E-state index contributed by atoms with van der Waals surface area (Å²) in [6.07, 6.45) is -1.92. The van der Waals surface area contributed by atoms with E-state index in [9.17, 15) is 15.0 Å². The average molecular weight is 398 g/mol. The Hall–Kier alpha value is -2.21. The third-order valence-corrected chi connectivity index (χ3v) is 6.00. The number of aliphatic hydroxyl groups excluding tert-OH is 2. The number of aliphatic hydroxyl groups is 2. The van der Waals surface area contributed by atoms with Gasteiger partial charge in [-0.1, -0.05) is 56.3 Å². The number of carbonyl (C=O) groups is 1. The Bertz CT molecular complexity index is 848. The highest BCUT2D eigenvalue weighted by Gasteiger charge is 2.45. The molecule has 0 bridgehead atoms. The van der Waals surface area contributed by atoms with Crippen molar-refractivity contribution in [1.29, 1.82) is 0 Å². The molecular weight excluding hydrogens is 366 g/mol. The van der Waals surface area contributed by atoms with Gasteiger partial charge in [-0.05, 0) is 47.6 Å². The van der Waals surface area contributed by atoms with Gasteiger partial charge < -0.3 is 20.3 Å². The van der Waals surface area contributed by atoms with E-state index >= 15 is 0 Å². The highest BCUT2D eigenvalue weighted by molar-refractivity contribution is 5.81. The summed E-state index contributed by atoms with van der Waals surface area (Å²) in [5.74, 6) is -0.792. The average Bonchev–Trinajstić information content (AvgIpc) is 2.74. The predicted octanol–water partition coefficient (Wildman–Crippen LogP) is 2.69. The lowest BCUT2D eigenvalue weighted by molar-refractivity contribution is -0.201. The molecule has 1 amide bonds. The molecule has 5 atom stereocenters. The van der Waals surface area contributed by atoms with Crippen molar-refractivity contribution in [3.63, 3.8) is 0 Å². The Morgan fingerprint density at radius 2 is 1.72 bits per heavy atom. The van der Waals surface area contributed by atoms with Gasteiger partial charge in [0.15, 0.2) is 0 Å². The number of aryl methyl sites for hydroxylation is 2. The quantitative estimate of drug-likeness (QED) is 0.725. The number of hydrogen-bond donors (Lipinski definition) is 3. The lowest BCUT2D eigenvalue weighted by atomic mass is 9.84. The third kappa shape index (κ3) is 4.53. The first-order valence-electron chi connectivity index (χ1n) is 10.3. The number of amides is 1. The number of nitrogens with one attached hydrogen (secondary N) is 1. The zero-order valence-electron chi connectivity index (χ0n) is 17.6. The summed E-state index contributed by atoms with van der Waals surface area (Å²) in [5, 5.41) is 23.7. The van der Waals surface area contributed by atoms with Crippen LogP contribution >= 0.6 is 0 Å². The van der Waals surface area contributed by atoms with Gasteiger partial charge in [-0.3, -0.25) is 4.79 Å². The molecule has 2 aromatic carbocycles. The second-order valence-corrected chi connectivity index (χ2v) is 7.96. The number of hydrogen-bond acceptors (Lipinski definition) is 4. The van der Waals surface area contributed by atoms with Crippen LogP contribution in [0, 0.1) is 12.8 Å². The first-order chi connectivity index (χ1) is 13.8. The van der Waals surface area contributed by atoms with Crippen molar-refractivity contribution in [3.05, 3.63) is 70.3 Å². The summed E-state index contributed by atoms with van der Waals surface area (Å²) in [6.45, 7) is 5.91. The highest BCUT2D eigenvalue weighted by Crippen LogP contribution is 2.36. The second-order valence-electron chi connectivity index (χ2n) is 7.96. The Balaban J connectivity index is 1.87. The summed E-state index contributed by atoms with van der Waals surface area (Å²) in [6, 6.07) is 14.5. The van der Waals surface area contributed by atoms with Crippen molar-refractivity contribution in [2.45, 2.75) is 58.0 Å². The summed E-state index contributed by atoms with van der Waals surface area (Å²) in [5.41, 5.74) is 5.57. The van der Waals surface area contributed by atoms with E-state index in [2.05, 4.69) is 43.4 Å². The minimum Gasteiger partial charge on any atom is -0.390 e. The highest BCUT2D eigenvalue weighted by atomic mass is 16.5. The molecular formula is C24H31NO4. The molecule has 1 fully saturated rings. The fourth-order valence-electron chi connectivity index (χ4n) is 3.92. The van der Waals surface area contributed by atoms with Crippen molar-refractivity contribution in [1.82, 2.24) is 5.32 Å². The Kier molecular flexibility index (Phi) is 6.73. The fourth-order valence-corrected chi connectivity index (χ4v) is 3.92. The van der Waals surface area contributed by atoms with Gasteiger partial charge in [-0.2, -0.15) is 0 Å². The normalized spacial score (nSPS) is 26.9. The lowest BCUT2D eigenvalue weighted by Crippen LogP contribution is -2.54. The number of benzene rings is 2. The van der Waals surface area contributed by atoms with Gasteiger partial charge in [0, 0.05) is 13.0 Å². The van der Waals surface area contributed by atoms with Gasteiger partial charge in [-0.25, -0.2) is 0 Å². The molecule has 3 rings (SSSR count). The van der Waals surface area contributed by atoms with Crippen LogP contribution in [0.2, 0.25) is 0 Å². The van der Waals surface area contributed by atoms with Crippen molar-refractivity contribution >= 4 is 5.91 Å². The van der Waals surface area contributed by atoms with Crippen molar-refractivity contribution in [2.75, 3.05) is 7.05 Å². The molecule has 0 spiro atoms. The molecule has 1 saturated heterocycles. The van der Waals surface area contributed by atoms with Crippen LogP contribution in [0.5, 0.6) is 0 Å². The molecule has 0 unspecified atom stereocenters. The first-order valence-corrected chi connectivity index (χ1v) is 10.3. The smallest absolute Gasteiger partial charge is 0.249 e. The summed E-state index contributed by atoms with van der Waals surface area (Å²) in [4.78, 5) is 12.2. The zero-order chi connectivity index (χ0) is 21.1. The molecule has 2 aromatic rings. The van der Waals surface area contributed by atoms with Gasteiger partial charge >= 0.3 is 0 Å². The van der Waals surface area contributed by atoms with E-state index in [1.807, 2.05) is 18.2 Å².